The number of hydrogen-bond acceptors (Lipinski definition) is 3. The van der Waals surface area contributed by atoms with Crippen LogP contribution in [0.5, 0.6) is 0 Å². The van der Waals surface area contributed by atoms with Gasteiger partial charge in [-0.05, 0) is 118 Å². The van der Waals surface area contributed by atoms with Gasteiger partial charge in [0, 0.05) is 43.9 Å². The van der Waals surface area contributed by atoms with Gasteiger partial charge in [-0.1, -0.05) is 65.7 Å². The van der Waals surface area contributed by atoms with Crippen molar-refractivity contribution >= 4 is 0 Å². The van der Waals surface area contributed by atoms with Crippen LogP contribution in [0.4, 0.5) is 0 Å². The average molecular weight is 556 g/mol. The van der Waals surface area contributed by atoms with Crippen LogP contribution in [0.25, 0.3) is 0 Å². The van der Waals surface area contributed by atoms with Crippen molar-refractivity contribution < 1.29 is 9.47 Å². The molecule has 11 atom stereocenters. The van der Waals surface area contributed by atoms with Gasteiger partial charge >= 0.3 is 0 Å². The molecule has 0 aromatic rings. The summed E-state index contributed by atoms with van der Waals surface area (Å²) < 4.78 is 12.5. The molecule has 11 unspecified atom stereocenters. The fourth-order valence-corrected chi connectivity index (χ4v) is 12.2. The van der Waals surface area contributed by atoms with Crippen molar-refractivity contribution in [2.24, 2.45) is 53.3 Å². The summed E-state index contributed by atoms with van der Waals surface area (Å²) in [6.45, 7) is 10.8. The van der Waals surface area contributed by atoms with Crippen LogP contribution >= 0.6 is 0 Å². The standard InChI is InChI=1S/C35H59NO2.C2H6/c1-24-29-13-5-6-14-32(29)35(34-23-38-20-18-30(24)34)36(27-10-3-2-4-11-27)28-12-7-9-25-16-17-26-22-37-19-8-15-31(26)33(25)21-28;1-2/h24-35H,2-23H2,1H3;1-2H3. The number of hydrogen-bond donors (Lipinski definition) is 0. The topological polar surface area (TPSA) is 21.7 Å². The van der Waals surface area contributed by atoms with E-state index in [9.17, 15) is 0 Å². The first-order valence-electron chi connectivity index (χ1n) is 18.7. The smallest absolute Gasteiger partial charge is 0.0512 e. The average Bonchev–Trinajstić information content (AvgIpc) is 3.39. The molecule has 0 amide bonds. The Morgan fingerprint density at radius 1 is 0.475 bits per heavy atom. The number of rotatable bonds is 3. The van der Waals surface area contributed by atoms with Crippen molar-refractivity contribution in [1.29, 1.82) is 0 Å². The molecule has 230 valence electrons. The van der Waals surface area contributed by atoms with Gasteiger partial charge in [-0.25, -0.2) is 0 Å². The van der Waals surface area contributed by atoms with Crippen LogP contribution in [0, 0.1) is 53.3 Å². The highest BCUT2D eigenvalue weighted by Gasteiger charge is 2.54. The van der Waals surface area contributed by atoms with E-state index in [2.05, 4.69) is 11.8 Å². The number of fused-ring (bicyclic) bond motifs is 5. The van der Waals surface area contributed by atoms with Crippen LogP contribution in [-0.2, 0) is 9.47 Å². The van der Waals surface area contributed by atoms with E-state index in [1.165, 1.54) is 116 Å². The molecule has 2 saturated heterocycles. The zero-order valence-electron chi connectivity index (χ0n) is 26.7. The highest BCUT2D eigenvalue weighted by molar-refractivity contribution is 5.06. The monoisotopic (exact) mass is 556 g/mol. The Kier molecular flexibility index (Phi) is 10.6. The zero-order chi connectivity index (χ0) is 27.5. The molecule has 5 aliphatic carbocycles. The fourth-order valence-electron chi connectivity index (χ4n) is 12.2. The van der Waals surface area contributed by atoms with Gasteiger partial charge in [0.05, 0.1) is 6.61 Å². The minimum Gasteiger partial charge on any atom is -0.381 e. The lowest BCUT2D eigenvalue weighted by Crippen LogP contribution is -2.64. The first-order valence-corrected chi connectivity index (χ1v) is 18.7. The van der Waals surface area contributed by atoms with Gasteiger partial charge in [0.15, 0.2) is 0 Å². The third-order valence-corrected chi connectivity index (χ3v) is 13.8. The van der Waals surface area contributed by atoms with E-state index in [1.54, 1.807) is 0 Å². The van der Waals surface area contributed by atoms with Gasteiger partial charge in [-0.3, -0.25) is 4.90 Å². The maximum absolute atomic E-state index is 6.38. The first kappa shape index (κ1) is 29.9. The van der Waals surface area contributed by atoms with Crippen molar-refractivity contribution in [1.82, 2.24) is 4.90 Å². The molecule has 0 aromatic heterocycles. The quantitative estimate of drug-likeness (QED) is 0.346. The summed E-state index contributed by atoms with van der Waals surface area (Å²) in [7, 11) is 0. The van der Waals surface area contributed by atoms with Crippen LogP contribution in [0.2, 0.25) is 0 Å². The van der Waals surface area contributed by atoms with E-state index in [-0.39, 0.29) is 0 Å². The predicted molar refractivity (Wildman–Crippen MR) is 166 cm³/mol. The van der Waals surface area contributed by atoms with Gasteiger partial charge in [0.25, 0.3) is 0 Å². The maximum Gasteiger partial charge on any atom is 0.0512 e. The second-order valence-electron chi connectivity index (χ2n) is 15.4. The maximum atomic E-state index is 6.38. The second-order valence-corrected chi connectivity index (χ2v) is 15.4. The minimum absolute atomic E-state index is 0.796. The summed E-state index contributed by atoms with van der Waals surface area (Å²) in [5, 5.41) is 0. The van der Waals surface area contributed by atoms with Crippen LogP contribution in [0.15, 0.2) is 0 Å². The van der Waals surface area contributed by atoms with Crippen molar-refractivity contribution in [3.05, 3.63) is 0 Å². The Bertz CT molecular complexity index is 741. The van der Waals surface area contributed by atoms with Crippen LogP contribution in [-0.4, -0.2) is 49.5 Å². The van der Waals surface area contributed by atoms with E-state index < -0.39 is 0 Å². The summed E-state index contributed by atoms with van der Waals surface area (Å²) in [5.41, 5.74) is 0. The molecule has 0 aromatic carbocycles. The SMILES string of the molecule is CC.CC1C2CCCCC2C(N(C2CCCCC2)C2CCCC3CCC4COCCCC4C3C2)C2COCCC12. The molecule has 5 saturated carbocycles. The molecule has 7 fully saturated rings. The predicted octanol–water partition coefficient (Wildman–Crippen LogP) is 9.14. The summed E-state index contributed by atoms with van der Waals surface area (Å²) in [6, 6.07) is 2.49. The molecule has 0 radical (unpaired) electrons. The molecule has 3 nitrogen and oxygen atoms in total. The Labute approximate surface area is 248 Å². The molecule has 7 aliphatic rings. The molecule has 0 N–H and O–H groups in total. The lowest BCUT2D eigenvalue weighted by atomic mass is 9.54. The molecule has 7 rings (SSSR count). The molecular weight excluding hydrogens is 490 g/mol. The third-order valence-electron chi connectivity index (χ3n) is 13.8. The first-order chi connectivity index (χ1) is 19.8. The van der Waals surface area contributed by atoms with Crippen molar-refractivity contribution in [3.8, 4) is 0 Å². The molecule has 0 spiro atoms. The molecular formula is C37H65NO2. The van der Waals surface area contributed by atoms with Crippen molar-refractivity contribution in [3.63, 3.8) is 0 Å². The fraction of sp³-hybridized carbons (Fsp3) is 1.00. The summed E-state index contributed by atoms with van der Waals surface area (Å²) in [6.07, 6.45) is 26.5. The highest BCUT2D eigenvalue weighted by Crippen LogP contribution is 2.55. The van der Waals surface area contributed by atoms with E-state index in [0.717, 1.165) is 97.8 Å². The summed E-state index contributed by atoms with van der Waals surface area (Å²) in [4.78, 5) is 3.36. The number of ether oxygens (including phenoxy) is 2. The van der Waals surface area contributed by atoms with Gasteiger partial charge in [0.1, 0.15) is 0 Å². The van der Waals surface area contributed by atoms with E-state index >= 15 is 0 Å². The lowest BCUT2D eigenvalue weighted by molar-refractivity contribution is -0.145. The van der Waals surface area contributed by atoms with E-state index in [0.29, 0.717) is 0 Å². The second kappa shape index (κ2) is 14.1. The van der Waals surface area contributed by atoms with Crippen LogP contribution in [0.1, 0.15) is 136 Å². The molecule has 2 heterocycles. The van der Waals surface area contributed by atoms with Crippen LogP contribution < -0.4 is 0 Å². The molecule has 2 aliphatic heterocycles. The highest BCUT2D eigenvalue weighted by atomic mass is 16.5. The molecule has 40 heavy (non-hydrogen) atoms. The molecule has 3 heteroatoms. The van der Waals surface area contributed by atoms with Crippen molar-refractivity contribution in [2.45, 2.75) is 154 Å². The van der Waals surface area contributed by atoms with E-state index in [4.69, 9.17) is 9.47 Å². The summed E-state index contributed by atoms with van der Waals surface area (Å²) in [5.74, 6) is 8.33. The largest absolute Gasteiger partial charge is 0.381 e. The van der Waals surface area contributed by atoms with Gasteiger partial charge < -0.3 is 9.47 Å². The van der Waals surface area contributed by atoms with Gasteiger partial charge in [-0.2, -0.15) is 0 Å². The van der Waals surface area contributed by atoms with Gasteiger partial charge in [0.2, 0.25) is 0 Å². The Morgan fingerprint density at radius 2 is 1.15 bits per heavy atom. The van der Waals surface area contributed by atoms with Crippen LogP contribution in [0.3, 0.4) is 0 Å². The zero-order valence-corrected chi connectivity index (χ0v) is 26.7. The minimum atomic E-state index is 0.796. The van der Waals surface area contributed by atoms with Crippen molar-refractivity contribution in [2.75, 3.05) is 26.4 Å². The normalized spacial score (nSPS) is 46.4. The Hall–Kier alpha value is -0.120. The van der Waals surface area contributed by atoms with Gasteiger partial charge in [-0.15, -0.1) is 0 Å². The summed E-state index contributed by atoms with van der Waals surface area (Å²) >= 11 is 0. The third kappa shape index (κ3) is 5.97. The van der Waals surface area contributed by atoms with E-state index in [1.807, 2.05) is 13.8 Å². The Balaban J connectivity index is 0.00000142. The Morgan fingerprint density at radius 3 is 2.00 bits per heavy atom. The number of nitrogens with zero attached hydrogens (tertiary/aromatic N) is 1. The molecule has 0 bridgehead atoms. The lowest BCUT2D eigenvalue weighted by Gasteiger charge is -2.60.